The molecule has 2 heterocycles. The number of carbonyl (C=O) groups is 3. The second-order valence-electron chi connectivity index (χ2n) is 3.82. The predicted octanol–water partition coefficient (Wildman–Crippen LogP) is -0.749. The van der Waals surface area contributed by atoms with E-state index < -0.39 is 18.1 Å². The number of aliphatic carboxylic acids is 1. The Morgan fingerprint density at radius 2 is 2.50 bits per heavy atom. The van der Waals surface area contributed by atoms with Gasteiger partial charge in [-0.25, -0.2) is 4.79 Å². The molecular weight excluding hydrogens is 242 g/mol. The molecule has 2 aliphatic rings. The van der Waals surface area contributed by atoms with Crippen molar-refractivity contribution in [2.75, 3.05) is 11.6 Å². The van der Waals surface area contributed by atoms with Crippen molar-refractivity contribution in [3.05, 3.63) is 0 Å². The number of carbonyl (C=O) groups excluding carboxylic acids is 2. The molecule has 0 aromatic heterocycles. The normalized spacial score (nSPS) is 29.2. The summed E-state index contributed by atoms with van der Waals surface area (Å²) in [6.07, 6.45) is 0.806. The molecule has 0 unspecified atom stereocenters. The Morgan fingerprint density at radius 3 is 3.06 bits per heavy atom. The summed E-state index contributed by atoms with van der Waals surface area (Å²) in [5.41, 5.74) is 0. The third kappa shape index (κ3) is 1.99. The van der Waals surface area contributed by atoms with Crippen LogP contribution in [-0.4, -0.2) is 51.5 Å². The van der Waals surface area contributed by atoms with Gasteiger partial charge in [-0.1, -0.05) is 0 Å². The summed E-state index contributed by atoms with van der Waals surface area (Å²) >= 11 is 1.42. The summed E-state index contributed by atoms with van der Waals surface area (Å²) in [6, 6.07) is -1.29. The van der Waals surface area contributed by atoms with Crippen molar-refractivity contribution in [3.8, 4) is 0 Å². The predicted molar refractivity (Wildman–Crippen MR) is 56.8 cm³/mol. The van der Waals surface area contributed by atoms with Gasteiger partial charge in [-0.3, -0.25) is 9.59 Å². The highest BCUT2D eigenvalue weighted by Crippen LogP contribution is 2.23. The SMILES string of the molecule is O=C(O)[C@@H]1CSCN1[14C](=O)[14C@@H]1[14CH2][14CH2][14C](=O)N1. The van der Waals surface area contributed by atoms with Crippen molar-refractivity contribution >= 4 is 29.5 Å². The number of carboxylic acids is 1. The highest BCUT2D eigenvalue weighted by molar-refractivity contribution is 7.99. The van der Waals surface area contributed by atoms with Crippen molar-refractivity contribution in [2.45, 2.75) is 24.9 Å². The topological polar surface area (TPSA) is 86.7 Å². The average Bonchev–Trinajstić information content (AvgIpc) is 2.84. The molecule has 0 aromatic carbocycles. The number of nitrogens with zero attached hydrogens (tertiary/aromatic N) is 1. The van der Waals surface area contributed by atoms with Crippen LogP contribution in [0.4, 0.5) is 0 Å². The van der Waals surface area contributed by atoms with Gasteiger partial charge in [0.05, 0.1) is 5.88 Å². The molecule has 2 N–H and O–H groups in total. The van der Waals surface area contributed by atoms with Crippen LogP contribution in [0.2, 0.25) is 0 Å². The van der Waals surface area contributed by atoms with Crippen LogP contribution in [-0.2, 0) is 14.4 Å². The zero-order chi connectivity index (χ0) is 11.7. The summed E-state index contributed by atoms with van der Waals surface area (Å²) in [4.78, 5) is 35.2. The number of hydrogen-bond acceptors (Lipinski definition) is 4. The van der Waals surface area contributed by atoms with Crippen molar-refractivity contribution in [1.29, 1.82) is 0 Å². The maximum Gasteiger partial charge on any atom is 0.327 e. The van der Waals surface area contributed by atoms with Crippen LogP contribution in [0.3, 0.4) is 0 Å². The fraction of sp³-hybridized carbons (Fsp3) is 0.667. The zero-order valence-electron chi connectivity index (χ0n) is 8.51. The van der Waals surface area contributed by atoms with E-state index in [0.29, 0.717) is 24.5 Å². The summed E-state index contributed by atoms with van der Waals surface area (Å²) in [6.45, 7) is 0. The molecule has 2 aliphatic heterocycles. The molecule has 2 atom stereocenters. The second kappa shape index (κ2) is 4.32. The van der Waals surface area contributed by atoms with E-state index in [1.54, 1.807) is 0 Å². The molecular formula is C9H12N2O4S. The first-order chi connectivity index (χ1) is 7.59. The first kappa shape index (κ1) is 11.3. The fourth-order valence-electron chi connectivity index (χ4n) is 1.86. The summed E-state index contributed by atoms with van der Waals surface area (Å²) < 4.78 is 0. The van der Waals surface area contributed by atoms with Crippen LogP contribution in [0.5, 0.6) is 0 Å². The Labute approximate surface area is 96.4 Å². The summed E-state index contributed by atoms with van der Waals surface area (Å²) in [7, 11) is 0. The first-order valence-corrected chi connectivity index (χ1v) is 6.15. The third-order valence-corrected chi connectivity index (χ3v) is 3.76. The third-order valence-electron chi connectivity index (χ3n) is 2.74. The van der Waals surface area contributed by atoms with Gasteiger partial charge in [0.1, 0.15) is 12.1 Å². The molecule has 2 amide bonds. The Kier molecular flexibility index (Phi) is 3.04. The van der Waals surface area contributed by atoms with Crippen LogP contribution in [0, 0.1) is 0 Å². The fourth-order valence-corrected chi connectivity index (χ4v) is 3.02. The molecule has 88 valence electrons. The van der Waals surface area contributed by atoms with E-state index in [0.717, 1.165) is 0 Å². The van der Waals surface area contributed by atoms with Crippen LogP contribution in [0.1, 0.15) is 12.8 Å². The summed E-state index contributed by atoms with van der Waals surface area (Å²) in [5.74, 6) is -0.591. The Hall–Kier alpha value is -1.24. The van der Waals surface area contributed by atoms with Crippen molar-refractivity contribution in [3.63, 3.8) is 0 Å². The quantitative estimate of drug-likeness (QED) is 0.677. The minimum atomic E-state index is -0.984. The lowest BCUT2D eigenvalue weighted by atomic mass is 10.3. The van der Waals surface area contributed by atoms with Gasteiger partial charge in [0, 0.05) is 12.2 Å². The van der Waals surface area contributed by atoms with E-state index in [1.165, 1.54) is 16.7 Å². The Balaban J connectivity index is 2.03. The van der Waals surface area contributed by atoms with E-state index in [1.807, 2.05) is 0 Å². The van der Waals surface area contributed by atoms with E-state index >= 15 is 0 Å². The van der Waals surface area contributed by atoms with Crippen molar-refractivity contribution in [1.82, 2.24) is 10.2 Å². The Morgan fingerprint density at radius 1 is 1.75 bits per heavy atom. The zero-order valence-corrected chi connectivity index (χ0v) is 9.33. The second-order valence-corrected chi connectivity index (χ2v) is 4.82. The minimum absolute atomic E-state index is 0.142. The van der Waals surface area contributed by atoms with E-state index in [-0.39, 0.29) is 11.8 Å². The minimum Gasteiger partial charge on any atom is -0.480 e. The molecule has 6 nitrogen and oxygen atoms in total. The van der Waals surface area contributed by atoms with Gasteiger partial charge in [-0.05, 0) is 6.42 Å². The van der Waals surface area contributed by atoms with Crippen LogP contribution < -0.4 is 5.32 Å². The van der Waals surface area contributed by atoms with Crippen molar-refractivity contribution in [2.24, 2.45) is 0 Å². The number of rotatable bonds is 2. The van der Waals surface area contributed by atoms with Gasteiger partial charge in [-0.2, -0.15) is 0 Å². The molecule has 2 rings (SSSR count). The van der Waals surface area contributed by atoms with Crippen LogP contribution >= 0.6 is 11.8 Å². The van der Waals surface area contributed by atoms with Gasteiger partial charge >= 0.3 is 5.97 Å². The van der Waals surface area contributed by atoms with Gasteiger partial charge in [0.25, 0.3) is 0 Å². The van der Waals surface area contributed by atoms with Gasteiger partial charge in [-0.15, -0.1) is 11.8 Å². The number of nitrogens with one attached hydrogen (secondary N) is 1. The van der Waals surface area contributed by atoms with Gasteiger partial charge in [0.15, 0.2) is 0 Å². The molecule has 7 heteroatoms. The van der Waals surface area contributed by atoms with E-state index in [9.17, 15) is 14.4 Å². The number of carboxylic acid groups (broad SMARTS) is 1. The lowest BCUT2D eigenvalue weighted by Gasteiger charge is -2.23. The maximum atomic E-state index is 11.9. The highest BCUT2D eigenvalue weighted by atomic mass is 32.2. The molecule has 2 saturated heterocycles. The first-order valence-electron chi connectivity index (χ1n) is 5.00. The highest BCUT2D eigenvalue weighted by Gasteiger charge is 2.39. The molecule has 0 spiro atoms. The van der Waals surface area contributed by atoms with Gasteiger partial charge in [0.2, 0.25) is 11.8 Å². The average molecular weight is 254 g/mol. The molecule has 0 saturated carbocycles. The number of amides is 2. The number of thioether (sulfide) groups is 1. The molecule has 16 heavy (non-hydrogen) atoms. The standard InChI is InChI=1S/C9H12N2O4S/c12-7-2-1-5(10-7)8(13)11-4-16-3-6(11)9(14)15/h5-6H,1-4H2,(H,10,12)(H,14,15)/t5-,6-/m0/s1/i1+2,2+2,5+2,7+2,8+2. The Bertz CT molecular complexity index is 346. The lowest BCUT2D eigenvalue weighted by Crippen LogP contribution is -2.49. The molecule has 0 bridgehead atoms. The summed E-state index contributed by atoms with van der Waals surface area (Å²) in [5, 5.41) is 11.5. The van der Waals surface area contributed by atoms with E-state index in [4.69, 9.17) is 5.11 Å². The molecule has 2 fully saturated rings. The molecule has 0 radical (unpaired) electrons. The van der Waals surface area contributed by atoms with Crippen LogP contribution in [0.25, 0.3) is 0 Å². The van der Waals surface area contributed by atoms with E-state index in [2.05, 4.69) is 5.32 Å². The molecule has 0 aromatic rings. The maximum absolute atomic E-state index is 11.9. The monoisotopic (exact) mass is 254 g/mol. The molecule has 0 aliphatic carbocycles. The lowest BCUT2D eigenvalue weighted by molar-refractivity contribution is -0.148. The van der Waals surface area contributed by atoms with Gasteiger partial charge < -0.3 is 15.3 Å². The largest absolute Gasteiger partial charge is 0.480 e. The van der Waals surface area contributed by atoms with Crippen LogP contribution in [0.15, 0.2) is 0 Å². The number of hydrogen-bond donors (Lipinski definition) is 2. The smallest absolute Gasteiger partial charge is 0.327 e. The van der Waals surface area contributed by atoms with Crippen molar-refractivity contribution < 1.29 is 19.5 Å².